The normalized spacial score (nSPS) is 10.3. The van der Waals surface area contributed by atoms with Crippen LogP contribution in [0.25, 0.3) is 11.1 Å². The van der Waals surface area contributed by atoms with Crippen molar-refractivity contribution in [3.8, 4) is 11.1 Å². The number of nitrogens with zero attached hydrogens (tertiary/aromatic N) is 1. The number of rotatable bonds is 5. The van der Waals surface area contributed by atoms with E-state index < -0.39 is 11.9 Å². The molecule has 0 aliphatic heterocycles. The highest BCUT2D eigenvalue weighted by Crippen LogP contribution is 2.22. The number of carbonyl (C=O) groups is 2. The number of nitrogens with one attached hydrogen (secondary N) is 1. The van der Waals surface area contributed by atoms with E-state index in [9.17, 15) is 9.59 Å². The number of pyridine rings is 1. The third-order valence-corrected chi connectivity index (χ3v) is 3.44. The molecule has 0 aliphatic rings. The number of aliphatic carboxylic acids is 1. The van der Waals surface area contributed by atoms with Gasteiger partial charge in [0.25, 0.3) is 5.91 Å². The molecule has 0 unspecified atom stereocenters. The van der Waals surface area contributed by atoms with Gasteiger partial charge in [0.2, 0.25) is 0 Å². The molecular weight excluding hydrogens is 308 g/mol. The van der Waals surface area contributed by atoms with Crippen LogP contribution in [0.1, 0.15) is 16.1 Å². The molecule has 1 aromatic carbocycles. The van der Waals surface area contributed by atoms with E-state index in [1.54, 1.807) is 18.5 Å². The summed E-state index contributed by atoms with van der Waals surface area (Å²) in [6, 6.07) is 12.6. The van der Waals surface area contributed by atoms with Crippen molar-refractivity contribution < 1.29 is 19.1 Å². The lowest BCUT2D eigenvalue weighted by Crippen LogP contribution is -2.14. The molecular formula is C18H14N2O4. The minimum absolute atomic E-state index is 0.130. The van der Waals surface area contributed by atoms with Gasteiger partial charge in [-0.05, 0) is 41.5 Å². The summed E-state index contributed by atoms with van der Waals surface area (Å²) in [6.07, 6.45) is 4.36. The maximum Gasteiger partial charge on any atom is 0.311 e. The van der Waals surface area contributed by atoms with Crippen molar-refractivity contribution >= 4 is 17.6 Å². The maximum absolute atomic E-state index is 12.4. The molecule has 2 heterocycles. The first-order valence-electron chi connectivity index (χ1n) is 7.23. The number of carboxylic acids is 1. The Hall–Kier alpha value is -3.41. The van der Waals surface area contributed by atoms with Crippen molar-refractivity contribution in [1.29, 1.82) is 0 Å². The predicted molar refractivity (Wildman–Crippen MR) is 87.7 cm³/mol. The van der Waals surface area contributed by atoms with Gasteiger partial charge in [0.05, 0.1) is 11.8 Å². The molecule has 120 valence electrons. The number of carboxylic acid groups (broad SMARTS) is 1. The molecule has 0 atom stereocenters. The summed E-state index contributed by atoms with van der Waals surface area (Å²) in [6.45, 7) is 0. The Morgan fingerprint density at radius 2 is 1.88 bits per heavy atom. The Morgan fingerprint density at radius 3 is 2.62 bits per heavy atom. The van der Waals surface area contributed by atoms with Gasteiger partial charge in [-0.1, -0.05) is 12.1 Å². The van der Waals surface area contributed by atoms with Crippen LogP contribution in [-0.4, -0.2) is 22.0 Å². The molecule has 1 amide bonds. The van der Waals surface area contributed by atoms with E-state index in [-0.39, 0.29) is 17.7 Å². The smallest absolute Gasteiger partial charge is 0.311 e. The highest BCUT2D eigenvalue weighted by Gasteiger charge is 2.17. The molecule has 0 saturated heterocycles. The second-order valence-corrected chi connectivity index (χ2v) is 5.10. The topological polar surface area (TPSA) is 92.4 Å². The summed E-state index contributed by atoms with van der Waals surface area (Å²) in [4.78, 5) is 27.1. The number of furan rings is 1. The predicted octanol–water partition coefficient (Wildman–Crippen LogP) is 3.22. The summed E-state index contributed by atoms with van der Waals surface area (Å²) < 4.78 is 5.08. The van der Waals surface area contributed by atoms with Gasteiger partial charge in [0.1, 0.15) is 12.2 Å². The van der Waals surface area contributed by atoms with E-state index in [1.165, 1.54) is 12.3 Å². The van der Waals surface area contributed by atoms with E-state index in [0.717, 1.165) is 11.1 Å². The lowest BCUT2D eigenvalue weighted by molar-refractivity contribution is -0.136. The molecule has 24 heavy (non-hydrogen) atoms. The number of hydrogen-bond donors (Lipinski definition) is 2. The van der Waals surface area contributed by atoms with Crippen molar-refractivity contribution in [2.75, 3.05) is 5.32 Å². The van der Waals surface area contributed by atoms with Gasteiger partial charge in [0.15, 0.2) is 0 Å². The van der Waals surface area contributed by atoms with E-state index >= 15 is 0 Å². The third kappa shape index (κ3) is 3.49. The Balaban J connectivity index is 1.80. The first kappa shape index (κ1) is 15.5. The standard InChI is InChI=1S/C18H14N2O4/c21-17(22)11-16-15(6-9-24-16)18(23)20-14-3-1-2-13(10-14)12-4-7-19-8-5-12/h1-10H,11H2,(H,20,23)(H,21,22). The van der Waals surface area contributed by atoms with Crippen LogP contribution in [0.5, 0.6) is 0 Å². The minimum Gasteiger partial charge on any atom is -0.481 e. The van der Waals surface area contributed by atoms with Gasteiger partial charge in [0, 0.05) is 18.1 Å². The van der Waals surface area contributed by atoms with Gasteiger partial charge in [-0.25, -0.2) is 0 Å². The van der Waals surface area contributed by atoms with Gasteiger partial charge >= 0.3 is 5.97 Å². The van der Waals surface area contributed by atoms with Gasteiger partial charge in [-0.15, -0.1) is 0 Å². The summed E-state index contributed by atoms with van der Waals surface area (Å²) in [5.74, 6) is -1.34. The second kappa shape index (κ2) is 6.78. The summed E-state index contributed by atoms with van der Waals surface area (Å²) in [5, 5.41) is 11.6. The first-order chi connectivity index (χ1) is 11.6. The number of hydrogen-bond acceptors (Lipinski definition) is 4. The average Bonchev–Trinajstić information content (AvgIpc) is 3.03. The van der Waals surface area contributed by atoms with Crippen LogP contribution in [0.3, 0.4) is 0 Å². The van der Waals surface area contributed by atoms with Crippen LogP contribution >= 0.6 is 0 Å². The van der Waals surface area contributed by atoms with Crippen molar-refractivity contribution in [3.63, 3.8) is 0 Å². The van der Waals surface area contributed by atoms with Crippen LogP contribution in [0.15, 0.2) is 65.5 Å². The van der Waals surface area contributed by atoms with Crippen molar-refractivity contribution in [1.82, 2.24) is 4.98 Å². The number of amides is 1. The lowest BCUT2D eigenvalue weighted by atomic mass is 10.1. The molecule has 6 nitrogen and oxygen atoms in total. The fourth-order valence-electron chi connectivity index (χ4n) is 2.34. The van der Waals surface area contributed by atoms with Gasteiger partial charge in [-0.2, -0.15) is 0 Å². The van der Waals surface area contributed by atoms with Crippen LogP contribution < -0.4 is 5.32 Å². The summed E-state index contributed by atoms with van der Waals surface area (Å²) >= 11 is 0. The molecule has 3 aromatic rings. The molecule has 0 fully saturated rings. The van der Waals surface area contributed by atoms with Crippen molar-refractivity contribution in [2.24, 2.45) is 0 Å². The number of carbonyl (C=O) groups excluding carboxylic acids is 1. The quantitative estimate of drug-likeness (QED) is 0.752. The zero-order valence-corrected chi connectivity index (χ0v) is 12.6. The fraction of sp³-hybridized carbons (Fsp3) is 0.0556. The Morgan fingerprint density at radius 1 is 1.08 bits per heavy atom. The van der Waals surface area contributed by atoms with Crippen LogP contribution in [0.4, 0.5) is 5.69 Å². The largest absolute Gasteiger partial charge is 0.481 e. The summed E-state index contributed by atoms with van der Waals surface area (Å²) in [5.41, 5.74) is 2.74. The molecule has 0 radical (unpaired) electrons. The van der Waals surface area contributed by atoms with E-state index in [2.05, 4.69) is 10.3 Å². The Bertz CT molecular complexity index is 871. The van der Waals surface area contributed by atoms with E-state index in [4.69, 9.17) is 9.52 Å². The molecule has 2 aromatic heterocycles. The molecule has 0 bridgehead atoms. The third-order valence-electron chi connectivity index (χ3n) is 3.44. The van der Waals surface area contributed by atoms with E-state index in [0.29, 0.717) is 5.69 Å². The lowest BCUT2D eigenvalue weighted by Gasteiger charge is -2.07. The maximum atomic E-state index is 12.4. The fourth-order valence-corrected chi connectivity index (χ4v) is 2.34. The van der Waals surface area contributed by atoms with Gasteiger partial charge in [-0.3, -0.25) is 14.6 Å². The highest BCUT2D eigenvalue weighted by atomic mass is 16.4. The molecule has 0 saturated carbocycles. The highest BCUT2D eigenvalue weighted by molar-refractivity contribution is 6.05. The van der Waals surface area contributed by atoms with Crippen LogP contribution in [-0.2, 0) is 11.2 Å². The minimum atomic E-state index is -1.06. The second-order valence-electron chi connectivity index (χ2n) is 5.10. The molecule has 0 spiro atoms. The van der Waals surface area contributed by atoms with Crippen LogP contribution in [0.2, 0.25) is 0 Å². The zero-order chi connectivity index (χ0) is 16.9. The Labute approximate surface area is 137 Å². The monoisotopic (exact) mass is 322 g/mol. The molecule has 0 aliphatic carbocycles. The number of benzene rings is 1. The SMILES string of the molecule is O=C(O)Cc1occc1C(=O)Nc1cccc(-c2ccncc2)c1. The van der Waals surface area contributed by atoms with Crippen molar-refractivity contribution in [2.45, 2.75) is 6.42 Å². The number of aromatic nitrogens is 1. The summed E-state index contributed by atoms with van der Waals surface area (Å²) in [7, 11) is 0. The first-order valence-corrected chi connectivity index (χ1v) is 7.23. The molecule has 3 rings (SSSR count). The van der Waals surface area contributed by atoms with Gasteiger partial charge < -0.3 is 14.8 Å². The zero-order valence-electron chi connectivity index (χ0n) is 12.6. The Kier molecular flexibility index (Phi) is 4.38. The van der Waals surface area contributed by atoms with E-state index in [1.807, 2.05) is 30.3 Å². The molecule has 2 N–H and O–H groups in total. The average molecular weight is 322 g/mol. The molecule has 6 heteroatoms. The van der Waals surface area contributed by atoms with Crippen LogP contribution in [0, 0.1) is 0 Å². The van der Waals surface area contributed by atoms with Crippen molar-refractivity contribution in [3.05, 3.63) is 72.4 Å². The number of anilines is 1.